The Morgan fingerprint density at radius 1 is 0.422 bits per heavy atom. The van der Waals surface area contributed by atoms with E-state index < -0.39 is 0 Å². The summed E-state index contributed by atoms with van der Waals surface area (Å²) in [4.78, 5) is 4.26. The molecule has 0 aliphatic rings. The number of aromatic nitrogens is 3. The quantitative estimate of drug-likeness (QED) is 0.210. The summed E-state index contributed by atoms with van der Waals surface area (Å²) in [6.07, 6.45) is 3.61. The van der Waals surface area contributed by atoms with Gasteiger partial charge in [0.2, 0.25) is 0 Å². The van der Waals surface area contributed by atoms with Gasteiger partial charge in [0.05, 0.1) is 28.3 Å². The van der Waals surface area contributed by atoms with Crippen LogP contribution < -0.4 is 0 Å². The Morgan fingerprint density at radius 2 is 1.02 bits per heavy atom. The zero-order valence-corrected chi connectivity index (χ0v) is 24.2. The molecular formula is C41H25N3O. The first-order valence-electron chi connectivity index (χ1n) is 15.2. The molecule has 0 spiro atoms. The lowest BCUT2D eigenvalue weighted by Gasteiger charge is -2.11. The predicted octanol–water partition coefficient (Wildman–Crippen LogP) is 10.8. The van der Waals surface area contributed by atoms with Crippen molar-refractivity contribution in [2.24, 2.45) is 0 Å². The fraction of sp³-hybridized carbons (Fsp3) is 0. The van der Waals surface area contributed by atoms with E-state index in [1.165, 1.54) is 54.7 Å². The number of para-hydroxylation sites is 3. The number of hydrogen-bond acceptors (Lipinski definition) is 2. The molecular weight excluding hydrogens is 550 g/mol. The minimum atomic E-state index is 0.803. The van der Waals surface area contributed by atoms with Gasteiger partial charge in [-0.2, -0.15) is 0 Å². The molecule has 45 heavy (non-hydrogen) atoms. The highest BCUT2D eigenvalue weighted by molar-refractivity contribution is 6.22. The summed E-state index contributed by atoms with van der Waals surface area (Å²) in [5.41, 5.74) is 11.1. The minimum absolute atomic E-state index is 0.803. The van der Waals surface area contributed by atoms with Gasteiger partial charge in [-0.3, -0.25) is 4.98 Å². The highest BCUT2D eigenvalue weighted by Crippen LogP contribution is 2.44. The molecule has 0 saturated heterocycles. The van der Waals surface area contributed by atoms with E-state index in [0.717, 1.165) is 33.3 Å². The van der Waals surface area contributed by atoms with Crippen LogP contribution in [0.25, 0.3) is 88.1 Å². The molecule has 10 aromatic rings. The van der Waals surface area contributed by atoms with Gasteiger partial charge in [0, 0.05) is 49.9 Å². The molecule has 4 nitrogen and oxygen atoms in total. The number of furan rings is 1. The molecule has 0 amide bonds. The van der Waals surface area contributed by atoms with Gasteiger partial charge in [-0.15, -0.1) is 0 Å². The number of hydrogen-bond donors (Lipinski definition) is 0. The summed E-state index contributed by atoms with van der Waals surface area (Å²) in [6, 6.07) is 50.1. The summed E-state index contributed by atoms with van der Waals surface area (Å²) in [6.45, 7) is 0. The Hall–Kier alpha value is -6.13. The minimum Gasteiger partial charge on any atom is -0.454 e. The topological polar surface area (TPSA) is 35.9 Å². The molecule has 0 N–H and O–H groups in total. The Labute approximate surface area is 258 Å². The molecule has 4 heteroatoms. The van der Waals surface area contributed by atoms with Crippen LogP contribution in [-0.4, -0.2) is 14.1 Å². The van der Waals surface area contributed by atoms with E-state index in [4.69, 9.17) is 4.42 Å². The molecule has 6 aromatic carbocycles. The average molecular weight is 576 g/mol. The third-order valence-corrected chi connectivity index (χ3v) is 9.22. The molecule has 0 atom stereocenters. The summed E-state index contributed by atoms with van der Waals surface area (Å²) in [7, 11) is 0. The van der Waals surface area contributed by atoms with E-state index in [2.05, 4.69) is 148 Å². The van der Waals surface area contributed by atoms with Crippen molar-refractivity contribution < 1.29 is 4.42 Å². The highest BCUT2D eigenvalue weighted by Gasteiger charge is 2.21. The first kappa shape index (κ1) is 24.3. The van der Waals surface area contributed by atoms with E-state index in [1.54, 1.807) is 6.20 Å². The van der Waals surface area contributed by atoms with Crippen LogP contribution in [0.1, 0.15) is 0 Å². The second-order valence-corrected chi connectivity index (χ2v) is 11.6. The number of nitrogens with zero attached hydrogens (tertiary/aromatic N) is 3. The second kappa shape index (κ2) is 9.18. The summed E-state index contributed by atoms with van der Waals surface area (Å²) in [5.74, 6) is 0. The van der Waals surface area contributed by atoms with Crippen LogP contribution in [0.5, 0.6) is 0 Å². The smallest absolute Gasteiger partial charge is 0.153 e. The molecule has 0 fully saturated rings. The first-order chi connectivity index (χ1) is 22.3. The lowest BCUT2D eigenvalue weighted by Crippen LogP contribution is -1.94. The van der Waals surface area contributed by atoms with Crippen molar-refractivity contribution in [2.45, 2.75) is 0 Å². The number of pyridine rings is 1. The first-order valence-corrected chi connectivity index (χ1v) is 15.2. The summed E-state index contributed by atoms with van der Waals surface area (Å²) >= 11 is 0. The van der Waals surface area contributed by atoms with Gasteiger partial charge in [0.1, 0.15) is 5.58 Å². The van der Waals surface area contributed by atoms with Gasteiger partial charge in [-0.25, -0.2) is 0 Å². The monoisotopic (exact) mass is 575 g/mol. The Balaban J connectivity index is 1.30. The van der Waals surface area contributed by atoms with Gasteiger partial charge in [-0.1, -0.05) is 78.9 Å². The van der Waals surface area contributed by atoms with Crippen LogP contribution in [0.2, 0.25) is 0 Å². The van der Waals surface area contributed by atoms with Crippen LogP contribution in [-0.2, 0) is 0 Å². The van der Waals surface area contributed by atoms with Gasteiger partial charge in [0.15, 0.2) is 5.58 Å². The van der Waals surface area contributed by atoms with Crippen molar-refractivity contribution in [3.8, 4) is 22.5 Å². The average Bonchev–Trinajstić information content (AvgIpc) is 3.76. The lowest BCUT2D eigenvalue weighted by molar-refractivity contribution is 0.667. The molecule has 210 valence electrons. The van der Waals surface area contributed by atoms with Gasteiger partial charge < -0.3 is 13.6 Å². The van der Waals surface area contributed by atoms with Crippen molar-refractivity contribution in [1.82, 2.24) is 14.1 Å². The Kier molecular flexibility index (Phi) is 4.96. The predicted molar refractivity (Wildman–Crippen MR) is 186 cm³/mol. The molecule has 4 heterocycles. The second-order valence-electron chi connectivity index (χ2n) is 11.6. The van der Waals surface area contributed by atoms with Crippen molar-refractivity contribution in [1.29, 1.82) is 0 Å². The van der Waals surface area contributed by atoms with E-state index in [1.807, 2.05) is 12.3 Å². The van der Waals surface area contributed by atoms with Crippen LogP contribution in [0.3, 0.4) is 0 Å². The zero-order valence-electron chi connectivity index (χ0n) is 24.2. The van der Waals surface area contributed by atoms with E-state index in [0.29, 0.717) is 0 Å². The van der Waals surface area contributed by atoms with Gasteiger partial charge in [-0.05, 0) is 71.8 Å². The number of benzene rings is 6. The van der Waals surface area contributed by atoms with Crippen LogP contribution in [0, 0.1) is 0 Å². The van der Waals surface area contributed by atoms with Crippen molar-refractivity contribution >= 4 is 65.6 Å². The van der Waals surface area contributed by atoms with Crippen LogP contribution in [0.15, 0.2) is 156 Å². The maximum Gasteiger partial charge on any atom is 0.153 e. The molecule has 0 bridgehead atoms. The van der Waals surface area contributed by atoms with Crippen LogP contribution in [0.4, 0.5) is 0 Å². The van der Waals surface area contributed by atoms with E-state index in [-0.39, 0.29) is 0 Å². The molecule has 0 aliphatic carbocycles. The van der Waals surface area contributed by atoms with E-state index >= 15 is 0 Å². The van der Waals surface area contributed by atoms with Crippen molar-refractivity contribution in [3.05, 3.63) is 152 Å². The fourth-order valence-corrected chi connectivity index (χ4v) is 7.38. The molecule has 0 radical (unpaired) electrons. The summed E-state index contributed by atoms with van der Waals surface area (Å²) in [5, 5.41) is 7.16. The SMILES string of the molecule is c1ccc(-n2c3ccccc3c3c(-c4cccc5c4c4ccccc4n5-c4ccc5oc6cnccc6c5c4)cccc32)cc1. The maximum absolute atomic E-state index is 6.11. The van der Waals surface area contributed by atoms with Crippen molar-refractivity contribution in [3.63, 3.8) is 0 Å². The maximum atomic E-state index is 6.11. The molecule has 10 rings (SSSR count). The Morgan fingerprint density at radius 3 is 1.71 bits per heavy atom. The van der Waals surface area contributed by atoms with Crippen LogP contribution >= 0.6 is 0 Å². The van der Waals surface area contributed by atoms with Crippen molar-refractivity contribution in [2.75, 3.05) is 0 Å². The lowest BCUT2D eigenvalue weighted by atomic mass is 9.95. The number of rotatable bonds is 3. The van der Waals surface area contributed by atoms with Gasteiger partial charge in [0.25, 0.3) is 0 Å². The normalized spacial score (nSPS) is 12.0. The van der Waals surface area contributed by atoms with E-state index in [9.17, 15) is 0 Å². The standard InChI is InChI=1S/C41H25N3O/c1-2-10-26(11-3-1)43-34-16-6-4-12-31(34)40-29(14-8-18-36(40)43)30-15-9-19-37-41(30)32-13-5-7-17-35(32)44(37)27-20-21-38-33(24-27)28-22-23-42-25-39(28)45-38/h1-25H. The molecule has 0 saturated carbocycles. The number of fused-ring (bicyclic) bond motifs is 9. The molecule has 0 unspecified atom stereocenters. The highest BCUT2D eigenvalue weighted by atomic mass is 16.3. The third-order valence-electron chi connectivity index (χ3n) is 9.22. The summed E-state index contributed by atoms with van der Waals surface area (Å²) < 4.78 is 10.9. The van der Waals surface area contributed by atoms with Gasteiger partial charge >= 0.3 is 0 Å². The zero-order chi connectivity index (χ0) is 29.5. The Bertz CT molecular complexity index is 2760. The molecule has 0 aliphatic heterocycles. The largest absolute Gasteiger partial charge is 0.454 e. The fourth-order valence-electron chi connectivity index (χ4n) is 7.38. The molecule has 4 aromatic heterocycles. The third kappa shape index (κ3) is 3.39.